The van der Waals surface area contributed by atoms with E-state index in [1.54, 1.807) is 24.3 Å². The quantitative estimate of drug-likeness (QED) is 0.780. The summed E-state index contributed by atoms with van der Waals surface area (Å²) >= 11 is 0. The van der Waals surface area contributed by atoms with Gasteiger partial charge < -0.3 is 14.2 Å². The van der Waals surface area contributed by atoms with Crippen LogP contribution >= 0.6 is 0 Å². The van der Waals surface area contributed by atoms with Crippen molar-refractivity contribution in [3.05, 3.63) is 71.8 Å². The summed E-state index contributed by atoms with van der Waals surface area (Å²) in [5, 5.41) is 0. The molecule has 0 aliphatic carbocycles. The van der Waals surface area contributed by atoms with Crippen LogP contribution in [0.2, 0.25) is 0 Å². The average Bonchev–Trinajstić information content (AvgIpc) is 3.38. The molecule has 138 valence electrons. The fourth-order valence-corrected chi connectivity index (χ4v) is 4.78. The summed E-state index contributed by atoms with van der Waals surface area (Å²) in [6.07, 6.45) is 1.35. The van der Waals surface area contributed by atoms with Gasteiger partial charge in [0.2, 0.25) is 23.1 Å². The van der Waals surface area contributed by atoms with E-state index in [0.29, 0.717) is 37.2 Å². The zero-order chi connectivity index (χ0) is 18.5. The molecule has 0 aromatic heterocycles. The molecular formula is C22H20O5. The molecule has 2 aromatic rings. The van der Waals surface area contributed by atoms with Crippen molar-refractivity contribution >= 4 is 11.6 Å². The van der Waals surface area contributed by atoms with Crippen LogP contribution in [0.1, 0.15) is 33.6 Å². The maximum absolute atomic E-state index is 13.4. The van der Waals surface area contributed by atoms with Gasteiger partial charge in [-0.3, -0.25) is 9.59 Å². The van der Waals surface area contributed by atoms with E-state index in [1.807, 2.05) is 36.4 Å². The average molecular weight is 364 g/mol. The highest BCUT2D eigenvalue weighted by molar-refractivity contribution is 6.05. The van der Waals surface area contributed by atoms with E-state index in [9.17, 15) is 9.59 Å². The van der Waals surface area contributed by atoms with E-state index in [1.165, 1.54) is 0 Å². The maximum atomic E-state index is 13.4. The molecule has 0 N–H and O–H groups in total. The van der Waals surface area contributed by atoms with Gasteiger partial charge in [0.05, 0.1) is 13.2 Å². The molecule has 0 amide bonds. The van der Waals surface area contributed by atoms with Crippen LogP contribution in [0, 0.1) is 11.8 Å². The highest BCUT2D eigenvalue weighted by Gasteiger charge is 2.73. The molecule has 0 unspecified atom stereocenters. The number of hydrogen-bond acceptors (Lipinski definition) is 5. The molecule has 5 rings (SSSR count). The largest absolute Gasteiger partial charge is 0.343 e. The van der Waals surface area contributed by atoms with Crippen LogP contribution in [0.25, 0.3) is 0 Å². The Labute approximate surface area is 157 Å². The van der Waals surface area contributed by atoms with Crippen LogP contribution < -0.4 is 0 Å². The van der Waals surface area contributed by atoms with Crippen LogP contribution in [-0.2, 0) is 14.2 Å². The number of benzene rings is 2. The molecule has 3 saturated heterocycles. The van der Waals surface area contributed by atoms with Crippen molar-refractivity contribution in [3.8, 4) is 0 Å². The van der Waals surface area contributed by atoms with Crippen molar-refractivity contribution in [1.29, 1.82) is 0 Å². The number of hydrogen-bond donors (Lipinski definition) is 0. The highest BCUT2D eigenvalue weighted by atomic mass is 16.8. The SMILES string of the molecule is O=C(c1ccccc1)[C@]12OCC[C@H]1[C@@H]1CCO[C@]1(C(=O)c1ccccc1)O2. The minimum Gasteiger partial charge on any atom is -0.343 e. The lowest BCUT2D eigenvalue weighted by molar-refractivity contribution is -0.262. The monoisotopic (exact) mass is 364 g/mol. The molecule has 4 atom stereocenters. The molecule has 3 aliphatic heterocycles. The van der Waals surface area contributed by atoms with Gasteiger partial charge in [-0.05, 0) is 12.8 Å². The molecule has 3 heterocycles. The van der Waals surface area contributed by atoms with Gasteiger partial charge >= 0.3 is 0 Å². The molecule has 0 spiro atoms. The van der Waals surface area contributed by atoms with E-state index in [2.05, 4.69) is 0 Å². The third kappa shape index (κ3) is 2.29. The third-order valence-electron chi connectivity index (χ3n) is 5.96. The van der Waals surface area contributed by atoms with E-state index >= 15 is 0 Å². The highest BCUT2D eigenvalue weighted by Crippen LogP contribution is 2.58. The molecule has 2 aromatic carbocycles. The predicted molar refractivity (Wildman–Crippen MR) is 96.2 cm³/mol. The summed E-state index contributed by atoms with van der Waals surface area (Å²) < 4.78 is 18.1. The first-order chi connectivity index (χ1) is 13.2. The zero-order valence-corrected chi connectivity index (χ0v) is 14.8. The molecule has 0 saturated carbocycles. The summed E-state index contributed by atoms with van der Waals surface area (Å²) in [5.74, 6) is -3.75. The lowest BCUT2D eigenvalue weighted by atomic mass is 9.78. The van der Waals surface area contributed by atoms with Crippen molar-refractivity contribution in [2.45, 2.75) is 24.4 Å². The summed E-state index contributed by atoms with van der Waals surface area (Å²) in [6, 6.07) is 18.0. The van der Waals surface area contributed by atoms with Crippen molar-refractivity contribution in [1.82, 2.24) is 0 Å². The molecule has 5 heteroatoms. The Morgan fingerprint density at radius 3 is 1.52 bits per heavy atom. The number of carbonyl (C=O) groups excluding carboxylic acids is 2. The number of ether oxygens (including phenoxy) is 3. The van der Waals surface area contributed by atoms with Gasteiger partial charge in [0, 0.05) is 23.0 Å². The second-order valence-electron chi connectivity index (χ2n) is 7.31. The van der Waals surface area contributed by atoms with Gasteiger partial charge in [-0.2, -0.15) is 0 Å². The van der Waals surface area contributed by atoms with Crippen LogP contribution in [0.5, 0.6) is 0 Å². The first-order valence-corrected chi connectivity index (χ1v) is 9.35. The van der Waals surface area contributed by atoms with Gasteiger partial charge in [-0.1, -0.05) is 60.7 Å². The minimum atomic E-state index is -1.45. The molecule has 0 radical (unpaired) electrons. The Morgan fingerprint density at radius 1 is 0.704 bits per heavy atom. The number of carbonyl (C=O) groups is 2. The molecular weight excluding hydrogens is 344 g/mol. The molecule has 3 fully saturated rings. The summed E-state index contributed by atoms with van der Waals surface area (Å²) in [4.78, 5) is 26.7. The van der Waals surface area contributed by atoms with Crippen molar-refractivity contribution in [2.75, 3.05) is 13.2 Å². The summed E-state index contributed by atoms with van der Waals surface area (Å²) in [6.45, 7) is 0.880. The van der Waals surface area contributed by atoms with E-state index in [0.717, 1.165) is 0 Å². The van der Waals surface area contributed by atoms with Crippen molar-refractivity contribution < 1.29 is 23.8 Å². The second kappa shape index (κ2) is 6.09. The number of fused-ring (bicyclic) bond motifs is 3. The van der Waals surface area contributed by atoms with E-state index in [-0.39, 0.29) is 23.4 Å². The Kier molecular flexibility index (Phi) is 3.79. The Morgan fingerprint density at radius 2 is 1.11 bits per heavy atom. The first kappa shape index (κ1) is 16.8. The van der Waals surface area contributed by atoms with Gasteiger partial charge in [-0.15, -0.1) is 0 Å². The van der Waals surface area contributed by atoms with Crippen LogP contribution in [0.4, 0.5) is 0 Å². The number of ketones is 2. The smallest absolute Gasteiger partial charge is 0.240 e. The lowest BCUT2D eigenvalue weighted by Crippen LogP contribution is -2.48. The Balaban J connectivity index is 1.58. The minimum absolute atomic E-state index is 0.194. The second-order valence-corrected chi connectivity index (χ2v) is 7.31. The maximum Gasteiger partial charge on any atom is 0.240 e. The first-order valence-electron chi connectivity index (χ1n) is 9.35. The summed E-state index contributed by atoms with van der Waals surface area (Å²) in [7, 11) is 0. The number of rotatable bonds is 4. The lowest BCUT2D eigenvalue weighted by Gasteiger charge is -2.31. The Hall–Kier alpha value is -2.34. The van der Waals surface area contributed by atoms with Gasteiger partial charge in [0.25, 0.3) is 0 Å². The molecule has 27 heavy (non-hydrogen) atoms. The van der Waals surface area contributed by atoms with Crippen molar-refractivity contribution in [2.24, 2.45) is 11.8 Å². The topological polar surface area (TPSA) is 61.8 Å². The molecule has 0 bridgehead atoms. The zero-order valence-electron chi connectivity index (χ0n) is 14.8. The normalized spacial score (nSPS) is 34.2. The standard InChI is InChI=1S/C22H20O5/c23-19(15-7-3-1-4-8-15)21-17(11-13-25-21)18-12-14-26-22(18,27-21)20(24)16-9-5-2-6-10-16/h1-10,17-18H,11-14H2/t17-,18-,21-,22-/m0/s1. The summed E-state index contributed by atoms with van der Waals surface area (Å²) in [5.41, 5.74) is 1.04. The third-order valence-corrected chi connectivity index (χ3v) is 5.96. The van der Waals surface area contributed by atoms with Gasteiger partial charge in [-0.25, -0.2) is 0 Å². The fraction of sp³-hybridized carbons (Fsp3) is 0.364. The fourth-order valence-electron chi connectivity index (χ4n) is 4.78. The molecule has 3 aliphatic rings. The Bertz CT molecular complexity index is 807. The van der Waals surface area contributed by atoms with Crippen molar-refractivity contribution in [3.63, 3.8) is 0 Å². The van der Waals surface area contributed by atoms with E-state index < -0.39 is 11.6 Å². The number of Topliss-reactive ketones (excluding diaryl/α,β-unsaturated/α-hetero) is 2. The van der Waals surface area contributed by atoms with Gasteiger partial charge in [0.15, 0.2) is 0 Å². The van der Waals surface area contributed by atoms with Gasteiger partial charge in [0.1, 0.15) is 0 Å². The van der Waals surface area contributed by atoms with Crippen LogP contribution in [0.3, 0.4) is 0 Å². The van der Waals surface area contributed by atoms with Crippen LogP contribution in [-0.4, -0.2) is 36.4 Å². The van der Waals surface area contributed by atoms with E-state index in [4.69, 9.17) is 14.2 Å². The van der Waals surface area contributed by atoms with Crippen LogP contribution in [0.15, 0.2) is 60.7 Å². The predicted octanol–water partition coefficient (Wildman–Crippen LogP) is 3.25. The molecule has 5 nitrogen and oxygen atoms in total.